The lowest BCUT2D eigenvalue weighted by Gasteiger charge is -2.15. The number of aromatic nitrogens is 1. The van der Waals surface area contributed by atoms with E-state index >= 15 is 0 Å². The number of fused-ring (bicyclic) bond motifs is 1. The first kappa shape index (κ1) is 24.0. The van der Waals surface area contributed by atoms with Crippen LogP contribution in [0.1, 0.15) is 15.2 Å². The van der Waals surface area contributed by atoms with Gasteiger partial charge in [0.15, 0.2) is 18.1 Å². The number of ether oxygens (including phenoxy) is 4. The molecule has 0 saturated heterocycles. The molecule has 1 N–H and O–H groups in total. The van der Waals surface area contributed by atoms with Crippen molar-refractivity contribution in [3.05, 3.63) is 70.4 Å². The molecular formula is C26H24N2O6S. The number of rotatable bonds is 9. The summed E-state index contributed by atoms with van der Waals surface area (Å²) < 4.78 is 21.6. The number of nitrogens with one attached hydrogen (secondary N) is 1. The molecule has 0 bridgehead atoms. The first-order valence-corrected chi connectivity index (χ1v) is 11.6. The summed E-state index contributed by atoms with van der Waals surface area (Å²) >= 11 is 1.54. The summed E-state index contributed by atoms with van der Waals surface area (Å²) in [5.74, 6) is 0.373. The number of para-hydroxylation sites is 1. The molecule has 180 valence electrons. The zero-order chi connectivity index (χ0) is 24.8. The van der Waals surface area contributed by atoms with Gasteiger partial charge < -0.3 is 24.3 Å². The van der Waals surface area contributed by atoms with Gasteiger partial charge in [0.25, 0.3) is 5.91 Å². The van der Waals surface area contributed by atoms with E-state index in [1.807, 2.05) is 29.6 Å². The van der Waals surface area contributed by atoms with Crippen molar-refractivity contribution >= 4 is 34.1 Å². The van der Waals surface area contributed by atoms with Crippen molar-refractivity contribution in [3.63, 3.8) is 0 Å². The Balaban J connectivity index is 1.62. The fourth-order valence-electron chi connectivity index (χ4n) is 3.58. The molecule has 2 heterocycles. The largest absolute Gasteiger partial charge is 0.493 e. The number of thiophene rings is 1. The van der Waals surface area contributed by atoms with E-state index in [1.165, 1.54) is 32.7 Å². The predicted molar refractivity (Wildman–Crippen MR) is 133 cm³/mol. The number of pyridine rings is 1. The Labute approximate surface area is 206 Å². The van der Waals surface area contributed by atoms with E-state index < -0.39 is 5.97 Å². The van der Waals surface area contributed by atoms with Crippen molar-refractivity contribution in [3.8, 4) is 28.5 Å². The molecule has 2 aromatic carbocycles. The summed E-state index contributed by atoms with van der Waals surface area (Å²) in [6.07, 6.45) is 0. The van der Waals surface area contributed by atoms with E-state index in [-0.39, 0.29) is 12.5 Å². The minimum atomic E-state index is -0.622. The van der Waals surface area contributed by atoms with Gasteiger partial charge >= 0.3 is 5.97 Å². The Morgan fingerprint density at radius 3 is 2.34 bits per heavy atom. The van der Waals surface area contributed by atoms with E-state index in [0.29, 0.717) is 51.5 Å². The summed E-state index contributed by atoms with van der Waals surface area (Å²) in [6, 6.07) is 16.2. The standard InChI is InChI=1S/C26H24N2O6S/c1-31-22-11-16(12-23(32-2)25(22)33-3)21-13-19(18-8-4-5-9-20(18)28-21)26(30)34-15-24(29)27-14-17-7-6-10-35-17/h4-13H,14-15H2,1-3H3,(H,27,29). The fraction of sp³-hybridized carbons (Fsp3) is 0.192. The zero-order valence-electron chi connectivity index (χ0n) is 19.5. The van der Waals surface area contributed by atoms with Crippen LogP contribution < -0.4 is 19.5 Å². The number of amides is 1. The van der Waals surface area contributed by atoms with Gasteiger partial charge in [-0.2, -0.15) is 0 Å². The maximum Gasteiger partial charge on any atom is 0.339 e. The molecule has 0 atom stereocenters. The molecule has 1 amide bonds. The number of methoxy groups -OCH3 is 3. The molecule has 0 radical (unpaired) electrons. The first-order valence-electron chi connectivity index (χ1n) is 10.7. The zero-order valence-corrected chi connectivity index (χ0v) is 20.3. The summed E-state index contributed by atoms with van der Waals surface area (Å²) in [5, 5.41) is 5.30. The van der Waals surface area contributed by atoms with Crippen molar-refractivity contribution in [2.24, 2.45) is 0 Å². The number of esters is 1. The van der Waals surface area contributed by atoms with Crippen molar-refractivity contribution in [1.29, 1.82) is 0 Å². The van der Waals surface area contributed by atoms with E-state index in [0.717, 1.165) is 4.88 Å². The van der Waals surface area contributed by atoms with E-state index in [2.05, 4.69) is 5.32 Å². The van der Waals surface area contributed by atoms with Gasteiger partial charge in [-0.15, -0.1) is 11.3 Å². The van der Waals surface area contributed by atoms with Gasteiger partial charge in [0.2, 0.25) is 5.75 Å². The number of hydrogen-bond donors (Lipinski definition) is 1. The molecule has 0 unspecified atom stereocenters. The van der Waals surface area contributed by atoms with E-state index in [1.54, 1.807) is 30.3 Å². The third-order valence-electron chi connectivity index (χ3n) is 5.27. The minimum absolute atomic E-state index is 0.297. The molecule has 35 heavy (non-hydrogen) atoms. The second-order valence-electron chi connectivity index (χ2n) is 7.42. The van der Waals surface area contributed by atoms with Crippen LogP contribution in [0.15, 0.2) is 60.0 Å². The van der Waals surface area contributed by atoms with E-state index in [4.69, 9.17) is 23.9 Å². The molecule has 0 aliphatic heterocycles. The molecular weight excluding hydrogens is 468 g/mol. The number of benzene rings is 2. The van der Waals surface area contributed by atoms with Gasteiger partial charge in [-0.25, -0.2) is 9.78 Å². The Morgan fingerprint density at radius 2 is 1.69 bits per heavy atom. The van der Waals surface area contributed by atoms with Crippen molar-refractivity contribution in [2.75, 3.05) is 27.9 Å². The molecule has 0 aliphatic rings. The lowest BCUT2D eigenvalue weighted by Crippen LogP contribution is -2.28. The molecule has 8 nitrogen and oxygen atoms in total. The van der Waals surface area contributed by atoms with Crippen LogP contribution in [0, 0.1) is 0 Å². The highest BCUT2D eigenvalue weighted by atomic mass is 32.1. The van der Waals surface area contributed by atoms with Crippen molar-refractivity contribution in [2.45, 2.75) is 6.54 Å². The first-order chi connectivity index (χ1) is 17.0. The van der Waals surface area contributed by atoms with Crippen molar-refractivity contribution in [1.82, 2.24) is 10.3 Å². The molecule has 4 aromatic rings. The molecule has 0 aliphatic carbocycles. The molecule has 0 saturated carbocycles. The fourth-order valence-corrected chi connectivity index (χ4v) is 4.22. The quantitative estimate of drug-likeness (QED) is 0.345. The highest BCUT2D eigenvalue weighted by Gasteiger charge is 2.19. The normalized spacial score (nSPS) is 10.6. The predicted octanol–water partition coefficient (Wildman–Crippen LogP) is 4.46. The van der Waals surface area contributed by atoms with Gasteiger partial charge in [-0.3, -0.25) is 4.79 Å². The van der Waals surface area contributed by atoms with Crippen LogP contribution in [0.2, 0.25) is 0 Å². The van der Waals surface area contributed by atoms with Gasteiger partial charge in [0.1, 0.15) is 0 Å². The summed E-state index contributed by atoms with van der Waals surface area (Å²) in [5.41, 5.74) is 2.07. The summed E-state index contributed by atoms with van der Waals surface area (Å²) in [7, 11) is 4.58. The lowest BCUT2D eigenvalue weighted by atomic mass is 10.0. The topological polar surface area (TPSA) is 96.0 Å². The van der Waals surface area contributed by atoms with Crippen LogP contribution in [-0.4, -0.2) is 44.8 Å². The van der Waals surface area contributed by atoms with Crippen LogP contribution in [-0.2, 0) is 16.1 Å². The molecule has 9 heteroatoms. The highest BCUT2D eigenvalue weighted by Crippen LogP contribution is 2.41. The molecule has 0 fully saturated rings. The third kappa shape index (κ3) is 5.36. The van der Waals surface area contributed by atoms with Gasteiger partial charge in [-0.1, -0.05) is 24.3 Å². The minimum Gasteiger partial charge on any atom is -0.493 e. The van der Waals surface area contributed by atoms with Crippen molar-refractivity contribution < 1.29 is 28.5 Å². The number of carbonyl (C=O) groups excluding carboxylic acids is 2. The average molecular weight is 493 g/mol. The smallest absolute Gasteiger partial charge is 0.339 e. The third-order valence-corrected chi connectivity index (χ3v) is 6.15. The second-order valence-corrected chi connectivity index (χ2v) is 8.45. The number of carbonyl (C=O) groups is 2. The van der Waals surface area contributed by atoms with Crippen LogP contribution in [0.5, 0.6) is 17.2 Å². The average Bonchev–Trinajstić information content (AvgIpc) is 3.42. The molecule has 0 spiro atoms. The monoisotopic (exact) mass is 492 g/mol. The van der Waals surface area contributed by atoms with Crippen LogP contribution in [0.25, 0.3) is 22.2 Å². The van der Waals surface area contributed by atoms with Gasteiger partial charge in [-0.05, 0) is 35.7 Å². The Kier molecular flexibility index (Phi) is 7.47. The maximum absolute atomic E-state index is 13.0. The van der Waals surface area contributed by atoms with Crippen LogP contribution in [0.4, 0.5) is 0 Å². The Morgan fingerprint density at radius 1 is 0.943 bits per heavy atom. The van der Waals surface area contributed by atoms with E-state index in [9.17, 15) is 9.59 Å². The van der Waals surface area contributed by atoms with Gasteiger partial charge in [0.05, 0.1) is 44.6 Å². The summed E-state index contributed by atoms with van der Waals surface area (Å²) in [4.78, 5) is 30.9. The number of hydrogen-bond acceptors (Lipinski definition) is 8. The lowest BCUT2D eigenvalue weighted by molar-refractivity contribution is -0.124. The number of nitrogens with zero attached hydrogens (tertiary/aromatic N) is 1. The molecule has 4 rings (SSSR count). The van der Waals surface area contributed by atoms with Crippen LogP contribution >= 0.6 is 11.3 Å². The van der Waals surface area contributed by atoms with Gasteiger partial charge in [0, 0.05) is 15.8 Å². The Bertz CT molecular complexity index is 1330. The Hall–Kier alpha value is -4.11. The second kappa shape index (κ2) is 10.9. The highest BCUT2D eigenvalue weighted by molar-refractivity contribution is 7.09. The summed E-state index contributed by atoms with van der Waals surface area (Å²) in [6.45, 7) is -0.00209. The van der Waals surface area contributed by atoms with Crippen LogP contribution in [0.3, 0.4) is 0 Å². The maximum atomic E-state index is 13.0. The SMILES string of the molecule is COc1cc(-c2cc(C(=O)OCC(=O)NCc3cccs3)c3ccccc3n2)cc(OC)c1OC. The molecule has 2 aromatic heterocycles.